The van der Waals surface area contributed by atoms with Crippen LogP contribution in [-0.2, 0) is 10.0 Å². The van der Waals surface area contributed by atoms with Gasteiger partial charge in [0.15, 0.2) is 0 Å². The van der Waals surface area contributed by atoms with Crippen LogP contribution in [0.4, 0.5) is 0 Å². The minimum atomic E-state index is -3.40. The molecule has 0 bridgehead atoms. The molecule has 0 aliphatic carbocycles. The highest BCUT2D eigenvalue weighted by molar-refractivity contribution is 7.89. The second kappa shape index (κ2) is 8.05. The van der Waals surface area contributed by atoms with Gasteiger partial charge in [0.05, 0.1) is 11.4 Å². The highest BCUT2D eigenvalue weighted by Gasteiger charge is 2.22. The minimum Gasteiger partial charge on any atom is -0.320 e. The van der Waals surface area contributed by atoms with Gasteiger partial charge in [0, 0.05) is 18.7 Å². The summed E-state index contributed by atoms with van der Waals surface area (Å²) in [5.74, 6) is 5.62. The summed E-state index contributed by atoms with van der Waals surface area (Å²) in [5.41, 5.74) is 6.07. The Morgan fingerprint density at radius 1 is 1.20 bits per heavy atom. The zero-order valence-corrected chi connectivity index (χ0v) is 12.9. The molecule has 0 radical (unpaired) electrons. The molecule has 0 aromatic heterocycles. The Bertz CT molecular complexity index is 568. The van der Waals surface area contributed by atoms with Gasteiger partial charge in [0.1, 0.15) is 0 Å². The molecule has 110 valence electrons. The molecule has 0 fully saturated rings. The van der Waals surface area contributed by atoms with Crippen molar-refractivity contribution in [3.05, 3.63) is 29.8 Å². The SMILES string of the molecule is CCCCN(CC)S(=O)(=O)c1ccc(C#CCN)cc1. The van der Waals surface area contributed by atoms with Crippen LogP contribution < -0.4 is 5.73 Å². The fraction of sp³-hybridized carbons (Fsp3) is 0.467. The summed E-state index contributed by atoms with van der Waals surface area (Å²) in [6.07, 6.45) is 1.84. The van der Waals surface area contributed by atoms with Crippen LogP contribution in [0.1, 0.15) is 32.3 Å². The van der Waals surface area contributed by atoms with Crippen molar-refractivity contribution in [3.8, 4) is 11.8 Å². The summed E-state index contributed by atoms with van der Waals surface area (Å²) in [6.45, 7) is 5.24. The van der Waals surface area contributed by atoms with Crippen LogP contribution in [-0.4, -0.2) is 32.4 Å². The van der Waals surface area contributed by atoms with E-state index in [1.807, 2.05) is 13.8 Å². The summed E-state index contributed by atoms with van der Waals surface area (Å²) in [5, 5.41) is 0. The molecule has 0 aliphatic heterocycles. The maximum Gasteiger partial charge on any atom is 0.243 e. The van der Waals surface area contributed by atoms with Crippen molar-refractivity contribution in [3.63, 3.8) is 0 Å². The van der Waals surface area contributed by atoms with Gasteiger partial charge in [0.2, 0.25) is 10.0 Å². The first-order valence-corrected chi connectivity index (χ1v) is 8.29. The third kappa shape index (κ3) is 4.34. The van der Waals surface area contributed by atoms with Crippen molar-refractivity contribution in [2.75, 3.05) is 19.6 Å². The van der Waals surface area contributed by atoms with Crippen LogP contribution in [0.5, 0.6) is 0 Å². The predicted octanol–water partition coefficient (Wildman–Crippen LogP) is 1.81. The highest BCUT2D eigenvalue weighted by Crippen LogP contribution is 2.16. The van der Waals surface area contributed by atoms with Gasteiger partial charge in [0.25, 0.3) is 0 Å². The normalized spacial score (nSPS) is 11.2. The first-order valence-electron chi connectivity index (χ1n) is 6.85. The average molecular weight is 294 g/mol. The number of benzene rings is 1. The third-order valence-corrected chi connectivity index (χ3v) is 4.93. The Hall–Kier alpha value is -1.35. The minimum absolute atomic E-state index is 0.292. The lowest BCUT2D eigenvalue weighted by atomic mass is 10.2. The molecule has 2 N–H and O–H groups in total. The summed E-state index contributed by atoms with van der Waals surface area (Å²) in [4.78, 5) is 0.314. The van der Waals surface area contributed by atoms with Crippen LogP contribution >= 0.6 is 0 Å². The van der Waals surface area contributed by atoms with Crippen LogP contribution in [0.25, 0.3) is 0 Å². The van der Waals surface area contributed by atoms with E-state index in [9.17, 15) is 8.42 Å². The quantitative estimate of drug-likeness (QED) is 0.814. The van der Waals surface area contributed by atoms with Crippen LogP contribution in [0.3, 0.4) is 0 Å². The zero-order valence-electron chi connectivity index (χ0n) is 12.1. The number of rotatable bonds is 6. The smallest absolute Gasteiger partial charge is 0.243 e. The molecule has 0 heterocycles. The Kier molecular flexibility index (Phi) is 6.73. The van der Waals surface area contributed by atoms with Gasteiger partial charge in [-0.25, -0.2) is 8.42 Å². The lowest BCUT2D eigenvalue weighted by Gasteiger charge is -2.20. The molecule has 0 amide bonds. The molecule has 0 aliphatic rings. The van der Waals surface area contributed by atoms with E-state index in [0.29, 0.717) is 24.5 Å². The van der Waals surface area contributed by atoms with E-state index in [2.05, 4.69) is 11.8 Å². The van der Waals surface area contributed by atoms with Gasteiger partial charge < -0.3 is 5.73 Å². The van der Waals surface area contributed by atoms with Gasteiger partial charge in [-0.2, -0.15) is 4.31 Å². The first kappa shape index (κ1) is 16.7. The predicted molar refractivity (Wildman–Crippen MR) is 81.7 cm³/mol. The van der Waals surface area contributed by atoms with Crippen molar-refractivity contribution < 1.29 is 8.42 Å². The van der Waals surface area contributed by atoms with Gasteiger partial charge >= 0.3 is 0 Å². The first-order chi connectivity index (χ1) is 9.56. The number of hydrogen-bond donors (Lipinski definition) is 1. The van der Waals surface area contributed by atoms with Crippen molar-refractivity contribution in [2.24, 2.45) is 5.73 Å². The Labute approximate surface area is 122 Å². The van der Waals surface area contributed by atoms with Gasteiger partial charge in [-0.05, 0) is 30.7 Å². The molecule has 5 heteroatoms. The van der Waals surface area contributed by atoms with Crippen molar-refractivity contribution in [1.82, 2.24) is 4.31 Å². The zero-order chi connectivity index (χ0) is 15.0. The van der Waals surface area contributed by atoms with E-state index < -0.39 is 10.0 Å². The molecule has 0 spiro atoms. The molecule has 0 unspecified atom stereocenters. The molecule has 1 rings (SSSR count). The topological polar surface area (TPSA) is 63.4 Å². The fourth-order valence-electron chi connectivity index (χ4n) is 1.80. The monoisotopic (exact) mass is 294 g/mol. The Morgan fingerprint density at radius 3 is 2.35 bits per heavy atom. The van der Waals surface area contributed by atoms with Crippen molar-refractivity contribution in [1.29, 1.82) is 0 Å². The van der Waals surface area contributed by atoms with E-state index in [4.69, 9.17) is 5.73 Å². The fourth-order valence-corrected chi connectivity index (χ4v) is 3.28. The van der Waals surface area contributed by atoms with E-state index in [0.717, 1.165) is 18.4 Å². The molecule has 0 saturated carbocycles. The lowest BCUT2D eigenvalue weighted by molar-refractivity contribution is 0.419. The summed E-state index contributed by atoms with van der Waals surface area (Å²) in [6, 6.07) is 6.63. The van der Waals surface area contributed by atoms with Gasteiger partial charge in [-0.15, -0.1) is 0 Å². The van der Waals surface area contributed by atoms with E-state index in [1.54, 1.807) is 24.3 Å². The summed E-state index contributed by atoms with van der Waals surface area (Å²) in [7, 11) is -3.40. The number of unbranched alkanes of at least 4 members (excludes halogenated alkanes) is 1. The lowest BCUT2D eigenvalue weighted by Crippen LogP contribution is -2.31. The van der Waals surface area contributed by atoms with E-state index >= 15 is 0 Å². The van der Waals surface area contributed by atoms with Gasteiger partial charge in [-0.3, -0.25) is 0 Å². The van der Waals surface area contributed by atoms with Gasteiger partial charge in [-0.1, -0.05) is 32.1 Å². The Morgan fingerprint density at radius 2 is 1.85 bits per heavy atom. The average Bonchev–Trinajstić information content (AvgIpc) is 2.46. The maximum atomic E-state index is 12.5. The number of nitrogens with zero attached hydrogens (tertiary/aromatic N) is 1. The molecule has 20 heavy (non-hydrogen) atoms. The van der Waals surface area contributed by atoms with E-state index in [1.165, 1.54) is 4.31 Å². The number of nitrogens with two attached hydrogens (primary N) is 1. The molecular weight excluding hydrogens is 272 g/mol. The third-order valence-electron chi connectivity index (χ3n) is 2.94. The van der Waals surface area contributed by atoms with Crippen molar-refractivity contribution in [2.45, 2.75) is 31.6 Å². The standard InChI is InChI=1S/C15H22N2O2S/c1-3-5-13-17(4-2)20(18,19)15-10-8-14(9-11-15)7-6-12-16/h8-11H,3-5,12-13,16H2,1-2H3. The summed E-state index contributed by atoms with van der Waals surface area (Å²) < 4.78 is 26.4. The molecule has 1 aromatic rings. The van der Waals surface area contributed by atoms with E-state index in [-0.39, 0.29) is 0 Å². The Balaban J connectivity index is 2.96. The number of sulfonamides is 1. The van der Waals surface area contributed by atoms with Crippen LogP contribution in [0, 0.1) is 11.8 Å². The maximum absolute atomic E-state index is 12.5. The molecule has 0 saturated heterocycles. The molecule has 0 atom stereocenters. The molecule has 4 nitrogen and oxygen atoms in total. The second-order valence-corrected chi connectivity index (χ2v) is 6.32. The van der Waals surface area contributed by atoms with Crippen molar-refractivity contribution >= 4 is 10.0 Å². The highest BCUT2D eigenvalue weighted by atomic mass is 32.2. The largest absolute Gasteiger partial charge is 0.320 e. The molecule has 1 aromatic carbocycles. The second-order valence-electron chi connectivity index (χ2n) is 4.38. The molecular formula is C15H22N2O2S. The summed E-state index contributed by atoms with van der Waals surface area (Å²) >= 11 is 0. The van der Waals surface area contributed by atoms with Crippen LogP contribution in [0.15, 0.2) is 29.2 Å². The van der Waals surface area contributed by atoms with Crippen LogP contribution in [0.2, 0.25) is 0 Å². The number of hydrogen-bond acceptors (Lipinski definition) is 3.